The summed E-state index contributed by atoms with van der Waals surface area (Å²) in [4.78, 5) is 0. The van der Waals surface area contributed by atoms with Crippen LogP contribution in [0.5, 0.6) is 0 Å². The van der Waals surface area contributed by atoms with E-state index in [-0.39, 0.29) is 29.7 Å². The quantitative estimate of drug-likeness (QED) is 0.106. The van der Waals surface area contributed by atoms with Crippen LogP contribution in [0.4, 0.5) is 0 Å². The molecule has 13 aromatic rings. The van der Waals surface area contributed by atoms with Crippen molar-refractivity contribution in [3.63, 3.8) is 0 Å². The summed E-state index contributed by atoms with van der Waals surface area (Å²) >= 11 is 0. The van der Waals surface area contributed by atoms with Crippen molar-refractivity contribution >= 4 is 122 Å². The van der Waals surface area contributed by atoms with Crippen LogP contribution in [0.25, 0.3) is 87.3 Å². The molecule has 0 aliphatic carbocycles. The molecule has 0 radical (unpaired) electrons. The molecule has 4 aliphatic rings. The largest absolute Gasteiger partial charge is 0.310 e. The summed E-state index contributed by atoms with van der Waals surface area (Å²) in [5.41, 5.74) is 24.0. The van der Waals surface area contributed by atoms with Crippen molar-refractivity contribution < 1.29 is 0 Å². The zero-order valence-electron chi connectivity index (χ0n) is 43.1. The first kappa shape index (κ1) is 42.4. The van der Waals surface area contributed by atoms with Gasteiger partial charge in [-0.15, -0.1) is 0 Å². The SMILES string of the molecule is CC(C)(C)c1ccc2c(c1)c1ccc3c4c1n2-c1c(c2ccccc2c2ccccc12)B4c1ccccc1C3(C)C.CC1(C)c2ccccc2B2c3c(ccc4ccccc34)-n3c4ccccc4c4ccc1c2c43. The Balaban J connectivity index is 0.000000129. The minimum atomic E-state index is -0.0847. The highest BCUT2D eigenvalue weighted by Crippen LogP contribution is 2.45. The van der Waals surface area contributed by atoms with Crippen molar-refractivity contribution in [3.05, 3.63) is 228 Å². The maximum Gasteiger partial charge on any atom is 0.248 e. The minimum absolute atomic E-state index is 0.0417. The van der Waals surface area contributed by atoms with Crippen molar-refractivity contribution in [2.45, 2.75) is 64.7 Å². The molecule has 0 spiro atoms. The van der Waals surface area contributed by atoms with E-state index in [2.05, 4.69) is 258 Å². The molecule has 0 bridgehead atoms. The molecule has 350 valence electrons. The fraction of sp³-hybridized carbons (Fsp3) is 0.143. The van der Waals surface area contributed by atoms with E-state index in [0.29, 0.717) is 0 Å². The monoisotopic (exact) mass is 944 g/mol. The molecule has 6 heterocycles. The number of benzene rings is 11. The Morgan fingerprint density at radius 2 is 0.851 bits per heavy atom. The molecule has 0 saturated heterocycles. The van der Waals surface area contributed by atoms with E-state index in [1.165, 1.54) is 148 Å². The molecule has 0 amide bonds. The van der Waals surface area contributed by atoms with Gasteiger partial charge in [0.05, 0.1) is 11.0 Å². The number of fused-ring (bicyclic) bond motifs is 23. The Bertz CT molecular complexity index is 4670. The lowest BCUT2D eigenvalue weighted by Crippen LogP contribution is -2.63. The molecule has 2 nitrogen and oxygen atoms in total. The molecule has 11 aromatic carbocycles. The van der Waals surface area contributed by atoms with Crippen LogP contribution in [0.1, 0.15) is 76.3 Å². The van der Waals surface area contributed by atoms with Gasteiger partial charge in [0.2, 0.25) is 13.4 Å². The first-order valence-electron chi connectivity index (χ1n) is 26.8. The van der Waals surface area contributed by atoms with Gasteiger partial charge in [-0.3, -0.25) is 0 Å². The summed E-state index contributed by atoms with van der Waals surface area (Å²) in [5, 5.41) is 13.5. The molecule has 17 rings (SSSR count). The number of para-hydroxylation sites is 1. The molecule has 4 heteroatoms. The van der Waals surface area contributed by atoms with Gasteiger partial charge in [-0.05, 0) is 106 Å². The summed E-state index contributed by atoms with van der Waals surface area (Å²) in [6, 6.07) is 75.8. The Morgan fingerprint density at radius 3 is 1.51 bits per heavy atom. The summed E-state index contributed by atoms with van der Waals surface area (Å²) in [5.74, 6) is 0. The first-order valence-corrected chi connectivity index (χ1v) is 26.8. The zero-order valence-corrected chi connectivity index (χ0v) is 43.1. The number of aromatic nitrogens is 2. The van der Waals surface area contributed by atoms with E-state index >= 15 is 0 Å². The predicted molar refractivity (Wildman–Crippen MR) is 319 cm³/mol. The number of nitrogens with zero attached hydrogens (tertiary/aromatic N) is 2. The highest BCUT2D eigenvalue weighted by atomic mass is 15.0. The third kappa shape index (κ3) is 5.23. The normalized spacial score (nSPS) is 15.1. The highest BCUT2D eigenvalue weighted by Gasteiger charge is 2.47. The van der Waals surface area contributed by atoms with Gasteiger partial charge in [0.15, 0.2) is 0 Å². The van der Waals surface area contributed by atoms with Crippen molar-refractivity contribution in [1.82, 2.24) is 9.13 Å². The van der Waals surface area contributed by atoms with Crippen LogP contribution in [-0.2, 0) is 16.2 Å². The maximum absolute atomic E-state index is 2.64. The molecule has 4 aliphatic heterocycles. The fourth-order valence-electron chi connectivity index (χ4n) is 15.1. The fourth-order valence-corrected chi connectivity index (χ4v) is 15.1. The average Bonchev–Trinajstić information content (AvgIpc) is 4.14. The van der Waals surface area contributed by atoms with Gasteiger partial charge in [0.25, 0.3) is 0 Å². The summed E-state index contributed by atoms with van der Waals surface area (Å²) < 4.78 is 5.19. The summed E-state index contributed by atoms with van der Waals surface area (Å²) in [6.07, 6.45) is 0. The molecule has 74 heavy (non-hydrogen) atoms. The molecule has 0 saturated carbocycles. The molecular formula is C70H54B2N2. The van der Waals surface area contributed by atoms with E-state index in [1.807, 2.05) is 0 Å². The van der Waals surface area contributed by atoms with E-state index in [4.69, 9.17) is 0 Å². The Hall–Kier alpha value is -8.07. The van der Waals surface area contributed by atoms with Gasteiger partial charge in [0.1, 0.15) is 0 Å². The van der Waals surface area contributed by atoms with Crippen LogP contribution >= 0.6 is 0 Å². The van der Waals surface area contributed by atoms with E-state index in [1.54, 1.807) is 0 Å². The number of hydrogen-bond acceptors (Lipinski definition) is 0. The van der Waals surface area contributed by atoms with Crippen molar-refractivity contribution in [2.24, 2.45) is 0 Å². The van der Waals surface area contributed by atoms with Crippen molar-refractivity contribution in [1.29, 1.82) is 0 Å². The highest BCUT2D eigenvalue weighted by molar-refractivity contribution is 7.01. The predicted octanol–water partition coefficient (Wildman–Crippen LogP) is 13.3. The zero-order chi connectivity index (χ0) is 49.7. The van der Waals surface area contributed by atoms with Crippen LogP contribution in [0.15, 0.2) is 200 Å². The molecule has 0 fully saturated rings. The van der Waals surface area contributed by atoms with Crippen LogP contribution in [0.3, 0.4) is 0 Å². The van der Waals surface area contributed by atoms with Crippen LogP contribution in [0.2, 0.25) is 0 Å². The van der Waals surface area contributed by atoms with Crippen molar-refractivity contribution in [3.8, 4) is 11.4 Å². The first-order chi connectivity index (χ1) is 35.9. The molecule has 0 N–H and O–H groups in total. The Labute approximate surface area is 433 Å². The smallest absolute Gasteiger partial charge is 0.248 e. The second kappa shape index (κ2) is 14.4. The molecule has 0 unspecified atom stereocenters. The van der Waals surface area contributed by atoms with Gasteiger partial charge < -0.3 is 9.13 Å². The van der Waals surface area contributed by atoms with Gasteiger partial charge >= 0.3 is 0 Å². The summed E-state index contributed by atoms with van der Waals surface area (Å²) in [7, 11) is 0. The standard InChI is InChI=1S/C39H32BN.C31H22BN/c1-38(2,3)23-18-21-33-29(22-23)28-19-20-31-35-37(28)41(33)36-27-15-9-7-13-25(27)24-12-6-8-14-26(24)34(36)40(35)32-17-11-10-16-30(32)39(31,4)5;1-31(2)23-12-6-7-13-25(23)32-28-20-10-4-3-9-19(20)15-18-27(28)33-26-14-8-5-11-21(26)22-16-17-24(31)29(32)30(22)33/h6-22H,1-5H3;3-18H,1-2H3. The Kier molecular flexibility index (Phi) is 8.24. The van der Waals surface area contributed by atoms with Gasteiger partial charge in [0, 0.05) is 60.2 Å². The average molecular weight is 945 g/mol. The summed E-state index contributed by atoms with van der Waals surface area (Å²) in [6.45, 7) is 17.0. The second-order valence-corrected chi connectivity index (χ2v) is 23.9. The lowest BCUT2D eigenvalue weighted by atomic mass is 9.30. The lowest BCUT2D eigenvalue weighted by molar-refractivity contribution is 0.591. The third-order valence-corrected chi connectivity index (χ3v) is 18.5. The van der Waals surface area contributed by atoms with Crippen molar-refractivity contribution in [2.75, 3.05) is 0 Å². The molecule has 2 aromatic heterocycles. The molecular weight excluding hydrogens is 890 g/mol. The molecule has 0 atom stereocenters. The third-order valence-electron chi connectivity index (χ3n) is 18.5. The van der Waals surface area contributed by atoms with Crippen LogP contribution < -0.4 is 32.8 Å². The Morgan fingerprint density at radius 1 is 0.351 bits per heavy atom. The lowest BCUT2D eigenvalue weighted by Gasteiger charge is -2.42. The van der Waals surface area contributed by atoms with Crippen LogP contribution in [0, 0.1) is 0 Å². The van der Waals surface area contributed by atoms with E-state index in [0.717, 1.165) is 0 Å². The van der Waals surface area contributed by atoms with Gasteiger partial charge in [-0.25, -0.2) is 0 Å². The van der Waals surface area contributed by atoms with Gasteiger partial charge in [-0.1, -0.05) is 235 Å². The van der Waals surface area contributed by atoms with E-state index < -0.39 is 0 Å². The topological polar surface area (TPSA) is 9.86 Å². The maximum atomic E-state index is 2.64. The van der Waals surface area contributed by atoms with E-state index in [9.17, 15) is 0 Å². The van der Waals surface area contributed by atoms with Gasteiger partial charge in [-0.2, -0.15) is 0 Å². The van der Waals surface area contributed by atoms with Crippen LogP contribution in [-0.4, -0.2) is 22.6 Å². The number of rotatable bonds is 0. The second-order valence-electron chi connectivity index (χ2n) is 23.9. The number of hydrogen-bond donors (Lipinski definition) is 0. The minimum Gasteiger partial charge on any atom is -0.310 e.